The van der Waals surface area contributed by atoms with Gasteiger partial charge >= 0.3 is 0 Å². The summed E-state index contributed by atoms with van der Waals surface area (Å²) < 4.78 is 68.1. The summed E-state index contributed by atoms with van der Waals surface area (Å²) in [4.78, 5) is 0. The Bertz CT molecular complexity index is 565. The normalized spacial score (nSPS) is 11.3. The van der Waals surface area contributed by atoms with Crippen molar-refractivity contribution in [2.45, 2.75) is 13.8 Å². The van der Waals surface area contributed by atoms with E-state index < -0.39 is 45.5 Å². The number of nitrogens with two attached hydrogens (primary N) is 1. The Morgan fingerprint density at radius 2 is 1.00 bits per heavy atom. The fraction of sp³-hybridized carbons (Fsp3) is 0.167. The molecule has 0 heterocycles. The smallest absolute Gasteiger partial charge is 0.185 e. The van der Waals surface area contributed by atoms with Crippen molar-refractivity contribution in [1.29, 1.82) is 0 Å². The first kappa shape index (κ1) is 12.6. The molecule has 2 rings (SSSR count). The molecule has 0 fully saturated rings. The van der Waals surface area contributed by atoms with Gasteiger partial charge in [-0.3, -0.25) is 0 Å². The van der Waals surface area contributed by atoms with Gasteiger partial charge in [0.1, 0.15) is 17.3 Å². The summed E-state index contributed by atoms with van der Waals surface area (Å²) in [6.45, 7) is 2.41. The van der Waals surface area contributed by atoms with Gasteiger partial charge in [0.2, 0.25) is 0 Å². The summed E-state index contributed by atoms with van der Waals surface area (Å²) in [5, 5.41) is -2.02. The van der Waals surface area contributed by atoms with Crippen LogP contribution in [0.1, 0.15) is 11.1 Å². The molecule has 2 aromatic carbocycles. The molecule has 0 aliphatic carbocycles. The number of hydrogen-bond donors (Lipinski definition) is 1. The van der Waals surface area contributed by atoms with Gasteiger partial charge in [-0.2, -0.15) is 0 Å². The van der Waals surface area contributed by atoms with Crippen LogP contribution in [0, 0.1) is 42.9 Å². The van der Waals surface area contributed by atoms with Crippen LogP contribution in [0.15, 0.2) is 0 Å². The monoisotopic (exact) mass is 261 g/mol. The van der Waals surface area contributed by atoms with E-state index in [4.69, 9.17) is 5.73 Å². The van der Waals surface area contributed by atoms with Gasteiger partial charge in [0, 0.05) is 0 Å². The molecule has 0 aliphatic heterocycles. The largest absolute Gasteiger partial charge is 0.394 e. The van der Waals surface area contributed by atoms with Crippen LogP contribution in [0.5, 0.6) is 0 Å². The lowest BCUT2D eigenvalue weighted by Gasteiger charge is -2.12. The number of nitrogen functional groups attached to an aromatic ring is 1. The summed E-state index contributed by atoms with van der Waals surface area (Å²) >= 11 is 0. The SMILES string of the molecule is Cc1c(C)c(F)c2c(F)c(F)c(N)c(F)c2c1F. The van der Waals surface area contributed by atoms with Gasteiger partial charge in [0.25, 0.3) is 0 Å². The fourth-order valence-electron chi connectivity index (χ4n) is 1.79. The second-order valence-corrected chi connectivity index (χ2v) is 3.98. The van der Waals surface area contributed by atoms with E-state index in [9.17, 15) is 22.0 Å². The van der Waals surface area contributed by atoms with Crippen molar-refractivity contribution in [3.8, 4) is 0 Å². The lowest BCUT2D eigenvalue weighted by Crippen LogP contribution is -2.06. The van der Waals surface area contributed by atoms with E-state index in [0.29, 0.717) is 0 Å². The molecule has 0 unspecified atom stereocenters. The minimum Gasteiger partial charge on any atom is -0.394 e. The Hall–Kier alpha value is -1.85. The van der Waals surface area contributed by atoms with Gasteiger partial charge in [-0.15, -0.1) is 0 Å². The first-order chi connectivity index (χ1) is 8.29. The molecule has 0 saturated heterocycles. The Morgan fingerprint density at radius 1 is 0.611 bits per heavy atom. The van der Waals surface area contributed by atoms with Gasteiger partial charge in [-0.1, -0.05) is 0 Å². The molecule has 0 aliphatic rings. The minimum absolute atomic E-state index is 0.177. The van der Waals surface area contributed by atoms with E-state index in [1.54, 1.807) is 0 Å². The zero-order valence-corrected chi connectivity index (χ0v) is 9.47. The maximum Gasteiger partial charge on any atom is 0.185 e. The molecule has 2 N–H and O–H groups in total. The molecule has 18 heavy (non-hydrogen) atoms. The summed E-state index contributed by atoms with van der Waals surface area (Å²) in [7, 11) is 0. The number of hydrogen-bond acceptors (Lipinski definition) is 1. The lowest BCUT2D eigenvalue weighted by molar-refractivity contribution is 0.501. The van der Waals surface area contributed by atoms with Crippen LogP contribution in [0.4, 0.5) is 27.6 Å². The lowest BCUT2D eigenvalue weighted by atomic mass is 9.99. The number of halogens is 5. The zero-order chi connectivity index (χ0) is 13.8. The average molecular weight is 261 g/mol. The molecule has 1 nitrogen and oxygen atoms in total. The first-order valence-corrected chi connectivity index (χ1v) is 4.98. The van der Waals surface area contributed by atoms with Crippen molar-refractivity contribution in [1.82, 2.24) is 0 Å². The third-order valence-electron chi connectivity index (χ3n) is 3.01. The molecule has 96 valence electrons. The molecule has 0 radical (unpaired) electrons. The summed E-state index contributed by atoms with van der Waals surface area (Å²) in [5.41, 5.74) is 3.43. The van der Waals surface area contributed by atoms with E-state index in [-0.39, 0.29) is 11.1 Å². The van der Waals surface area contributed by atoms with E-state index in [0.717, 1.165) is 0 Å². The van der Waals surface area contributed by atoms with Crippen molar-refractivity contribution < 1.29 is 22.0 Å². The molecular weight excluding hydrogens is 253 g/mol. The predicted octanol–water partition coefficient (Wildman–Crippen LogP) is 3.73. The second kappa shape index (κ2) is 3.83. The molecule has 0 amide bonds. The summed E-state index contributed by atoms with van der Waals surface area (Å²) in [5.74, 6) is -7.25. The van der Waals surface area contributed by atoms with Crippen LogP contribution in [-0.4, -0.2) is 0 Å². The highest BCUT2D eigenvalue weighted by atomic mass is 19.2. The Labute approximate surface area is 99.0 Å². The number of rotatable bonds is 0. The summed E-state index contributed by atoms with van der Waals surface area (Å²) in [6.07, 6.45) is 0. The molecule has 0 spiro atoms. The van der Waals surface area contributed by atoms with Crippen molar-refractivity contribution in [2.24, 2.45) is 0 Å². The van der Waals surface area contributed by atoms with Gasteiger partial charge in [-0.05, 0) is 25.0 Å². The third-order valence-corrected chi connectivity index (χ3v) is 3.01. The number of benzene rings is 2. The van der Waals surface area contributed by atoms with Crippen molar-refractivity contribution >= 4 is 16.5 Å². The van der Waals surface area contributed by atoms with Crippen LogP contribution in [-0.2, 0) is 0 Å². The molecule has 0 aromatic heterocycles. The van der Waals surface area contributed by atoms with Crippen LogP contribution in [0.2, 0.25) is 0 Å². The third kappa shape index (κ3) is 1.38. The molecule has 2 aromatic rings. The average Bonchev–Trinajstić information content (AvgIpc) is 2.35. The van der Waals surface area contributed by atoms with Crippen LogP contribution in [0.25, 0.3) is 10.8 Å². The van der Waals surface area contributed by atoms with Crippen LogP contribution < -0.4 is 5.73 Å². The second-order valence-electron chi connectivity index (χ2n) is 3.98. The maximum absolute atomic E-state index is 13.8. The minimum atomic E-state index is -1.72. The van der Waals surface area contributed by atoms with Crippen molar-refractivity contribution in [3.63, 3.8) is 0 Å². The van der Waals surface area contributed by atoms with Crippen LogP contribution in [0.3, 0.4) is 0 Å². The fourth-order valence-corrected chi connectivity index (χ4v) is 1.79. The molecule has 0 atom stereocenters. The standard InChI is InChI=1S/C12H8F5N/c1-3-4(2)8(14)6-5(7(3)13)9(15)11(17)12(18)10(6)16/h18H2,1-2H3. The highest BCUT2D eigenvalue weighted by Crippen LogP contribution is 2.35. The van der Waals surface area contributed by atoms with E-state index in [1.807, 2.05) is 0 Å². The zero-order valence-electron chi connectivity index (χ0n) is 9.47. The predicted molar refractivity (Wildman–Crippen MR) is 57.6 cm³/mol. The van der Waals surface area contributed by atoms with E-state index in [1.165, 1.54) is 13.8 Å². The van der Waals surface area contributed by atoms with Gasteiger partial charge < -0.3 is 5.73 Å². The van der Waals surface area contributed by atoms with Crippen molar-refractivity contribution in [3.05, 3.63) is 40.2 Å². The van der Waals surface area contributed by atoms with Gasteiger partial charge in [0.05, 0.1) is 10.8 Å². The molecule has 6 heteroatoms. The molecule has 0 bridgehead atoms. The van der Waals surface area contributed by atoms with Crippen molar-refractivity contribution in [2.75, 3.05) is 5.73 Å². The molecular formula is C12H8F5N. The number of anilines is 1. The van der Waals surface area contributed by atoms with Crippen LogP contribution >= 0.6 is 0 Å². The Balaban J connectivity index is 3.22. The Morgan fingerprint density at radius 3 is 1.44 bits per heavy atom. The van der Waals surface area contributed by atoms with E-state index in [2.05, 4.69) is 0 Å². The van der Waals surface area contributed by atoms with Gasteiger partial charge in [0.15, 0.2) is 17.5 Å². The molecule has 0 saturated carbocycles. The highest BCUT2D eigenvalue weighted by molar-refractivity contribution is 5.89. The highest BCUT2D eigenvalue weighted by Gasteiger charge is 2.26. The Kier molecular flexibility index (Phi) is 2.68. The first-order valence-electron chi connectivity index (χ1n) is 4.98. The quantitative estimate of drug-likeness (QED) is 0.436. The maximum atomic E-state index is 13.8. The van der Waals surface area contributed by atoms with E-state index >= 15 is 0 Å². The number of fused-ring (bicyclic) bond motifs is 1. The summed E-state index contributed by atoms with van der Waals surface area (Å²) in [6, 6.07) is 0. The van der Waals surface area contributed by atoms with Gasteiger partial charge in [-0.25, -0.2) is 22.0 Å². The topological polar surface area (TPSA) is 26.0 Å².